The van der Waals surface area contributed by atoms with E-state index >= 15 is 0 Å². The third-order valence-electron chi connectivity index (χ3n) is 7.67. The summed E-state index contributed by atoms with van der Waals surface area (Å²) in [6.45, 7) is 4.98. The molecular weight excluding hydrogens is 444 g/mol. The van der Waals surface area contributed by atoms with Gasteiger partial charge in [-0.3, -0.25) is 9.59 Å². The molecule has 1 saturated heterocycles. The van der Waals surface area contributed by atoms with Crippen molar-refractivity contribution in [2.24, 2.45) is 5.92 Å². The third-order valence-corrected chi connectivity index (χ3v) is 7.67. The highest BCUT2D eigenvalue weighted by Gasteiger charge is 2.41. The molecule has 1 aliphatic heterocycles. The molecule has 0 bridgehead atoms. The molecule has 0 aromatic heterocycles. The number of alkyl carbamates (subject to hydrolysis) is 1. The zero-order valence-corrected chi connectivity index (χ0v) is 20.5. The maximum absolute atomic E-state index is 13.5. The number of amides is 2. The maximum atomic E-state index is 13.5. The maximum Gasteiger partial charge on any atom is 0.408 e. The van der Waals surface area contributed by atoms with Crippen molar-refractivity contribution >= 4 is 18.0 Å². The van der Waals surface area contributed by atoms with E-state index in [-0.39, 0.29) is 30.8 Å². The monoisotopic (exact) mass is 478 g/mol. The lowest BCUT2D eigenvalue weighted by Crippen LogP contribution is -2.60. The number of piperidine rings is 1. The Morgan fingerprint density at radius 1 is 0.971 bits per heavy atom. The molecule has 2 aromatic carbocycles. The van der Waals surface area contributed by atoms with E-state index in [1.54, 1.807) is 4.90 Å². The first kappa shape index (κ1) is 24.8. The van der Waals surface area contributed by atoms with Crippen LogP contribution in [0.5, 0.6) is 0 Å². The minimum Gasteiger partial charge on any atom is -0.481 e. The molecule has 2 aliphatic rings. The molecule has 2 aromatic rings. The molecule has 0 saturated carbocycles. The van der Waals surface area contributed by atoms with Crippen molar-refractivity contribution in [2.45, 2.75) is 57.4 Å². The Labute approximate surface area is 206 Å². The lowest BCUT2D eigenvalue weighted by Gasteiger charge is -2.39. The lowest BCUT2D eigenvalue weighted by molar-refractivity contribution is -0.141. The van der Waals surface area contributed by atoms with Crippen LogP contribution in [0.1, 0.15) is 63.0 Å². The average Bonchev–Trinajstić information content (AvgIpc) is 3.19. The minimum atomic E-state index is -1.04. The fraction of sp³-hybridized carbons (Fsp3) is 0.464. The first-order chi connectivity index (χ1) is 16.9. The number of nitrogens with one attached hydrogen (secondary N) is 1. The molecule has 1 fully saturated rings. The van der Waals surface area contributed by atoms with Crippen LogP contribution in [0.15, 0.2) is 48.5 Å². The van der Waals surface area contributed by atoms with Crippen LogP contribution in [0.2, 0.25) is 0 Å². The van der Waals surface area contributed by atoms with Crippen molar-refractivity contribution in [2.75, 3.05) is 19.7 Å². The summed E-state index contributed by atoms with van der Waals surface area (Å²) in [4.78, 5) is 39.2. The van der Waals surface area contributed by atoms with Crippen molar-refractivity contribution in [3.8, 4) is 11.1 Å². The molecule has 0 unspecified atom stereocenters. The van der Waals surface area contributed by atoms with Crippen LogP contribution < -0.4 is 5.32 Å². The summed E-state index contributed by atoms with van der Waals surface area (Å²) in [7, 11) is 0. The summed E-state index contributed by atoms with van der Waals surface area (Å²) in [6.07, 6.45) is 1.75. The molecule has 1 heterocycles. The Morgan fingerprint density at radius 3 is 2.03 bits per heavy atom. The summed E-state index contributed by atoms with van der Waals surface area (Å²) in [6, 6.07) is 16.3. The molecule has 0 radical (unpaired) electrons. The van der Waals surface area contributed by atoms with E-state index in [0.717, 1.165) is 22.3 Å². The number of carbonyl (C=O) groups is 3. The molecular formula is C28H34N2O5. The second-order valence-electron chi connectivity index (χ2n) is 9.57. The Balaban J connectivity index is 1.40. The zero-order valence-electron chi connectivity index (χ0n) is 20.5. The fourth-order valence-electron chi connectivity index (χ4n) is 5.50. The summed E-state index contributed by atoms with van der Waals surface area (Å²) < 4.78 is 5.71. The van der Waals surface area contributed by atoms with Gasteiger partial charge in [0.05, 0.1) is 0 Å². The topological polar surface area (TPSA) is 95.9 Å². The van der Waals surface area contributed by atoms with Gasteiger partial charge in [-0.05, 0) is 53.9 Å². The predicted octanol–water partition coefficient (Wildman–Crippen LogP) is 4.80. The summed E-state index contributed by atoms with van der Waals surface area (Å²) in [5.74, 6) is -0.882. The molecule has 7 heteroatoms. The number of nitrogens with zero attached hydrogens (tertiary/aromatic N) is 1. The van der Waals surface area contributed by atoms with E-state index in [1.165, 1.54) is 0 Å². The standard InChI is InChI=1S/C28H34N2O5/c1-3-28(4-2,26(33)30-15-13-19(14-16-30)17-25(31)32)29-27(34)35-18-24-22-11-7-5-9-20(22)21-10-6-8-12-23(21)24/h5-12,19,24H,3-4,13-18H2,1-2H3,(H,29,34)(H,31,32). The van der Waals surface area contributed by atoms with Crippen LogP contribution in [-0.2, 0) is 14.3 Å². The number of benzene rings is 2. The van der Waals surface area contributed by atoms with Crippen LogP contribution in [-0.4, -0.2) is 53.2 Å². The van der Waals surface area contributed by atoms with Gasteiger partial charge in [-0.15, -0.1) is 0 Å². The highest BCUT2D eigenvalue weighted by atomic mass is 16.5. The Hall–Kier alpha value is -3.35. The van der Waals surface area contributed by atoms with E-state index < -0.39 is 17.6 Å². The molecule has 186 valence electrons. The quantitative estimate of drug-likeness (QED) is 0.568. The molecule has 7 nitrogen and oxygen atoms in total. The van der Waals surface area contributed by atoms with Gasteiger partial charge in [0.25, 0.3) is 0 Å². The van der Waals surface area contributed by atoms with E-state index in [2.05, 4.69) is 29.6 Å². The Bertz CT molecular complexity index is 1040. The van der Waals surface area contributed by atoms with Gasteiger partial charge in [0.1, 0.15) is 12.1 Å². The summed E-state index contributed by atoms with van der Waals surface area (Å²) >= 11 is 0. The molecule has 2 amide bonds. The highest BCUT2D eigenvalue weighted by molar-refractivity contribution is 5.90. The van der Waals surface area contributed by atoms with Gasteiger partial charge < -0.3 is 20.1 Å². The first-order valence-electron chi connectivity index (χ1n) is 12.5. The number of ether oxygens (including phenoxy) is 1. The number of carboxylic acids is 1. The number of carbonyl (C=O) groups excluding carboxylic acids is 2. The van der Waals surface area contributed by atoms with Crippen LogP contribution >= 0.6 is 0 Å². The molecule has 0 spiro atoms. The van der Waals surface area contributed by atoms with E-state index in [0.29, 0.717) is 38.8 Å². The van der Waals surface area contributed by atoms with Crippen molar-refractivity contribution in [1.82, 2.24) is 10.2 Å². The largest absolute Gasteiger partial charge is 0.481 e. The van der Waals surface area contributed by atoms with Gasteiger partial charge in [0, 0.05) is 25.4 Å². The van der Waals surface area contributed by atoms with Crippen LogP contribution in [0, 0.1) is 5.92 Å². The fourth-order valence-corrected chi connectivity index (χ4v) is 5.50. The molecule has 0 atom stereocenters. The normalized spacial score (nSPS) is 15.9. The van der Waals surface area contributed by atoms with Gasteiger partial charge in [0.15, 0.2) is 0 Å². The number of carboxylic acid groups (broad SMARTS) is 1. The van der Waals surface area contributed by atoms with Crippen molar-refractivity contribution in [3.05, 3.63) is 59.7 Å². The number of rotatable bonds is 8. The lowest BCUT2D eigenvalue weighted by atomic mass is 9.88. The van der Waals surface area contributed by atoms with Gasteiger partial charge >= 0.3 is 12.1 Å². The summed E-state index contributed by atoms with van der Waals surface area (Å²) in [5, 5.41) is 11.9. The van der Waals surface area contributed by atoms with Crippen LogP contribution in [0.25, 0.3) is 11.1 Å². The molecule has 1 aliphatic carbocycles. The van der Waals surface area contributed by atoms with E-state index in [9.17, 15) is 14.4 Å². The minimum absolute atomic E-state index is 0.0465. The van der Waals surface area contributed by atoms with Crippen LogP contribution in [0.4, 0.5) is 4.79 Å². The SMILES string of the molecule is CCC(CC)(NC(=O)OCC1c2ccccc2-c2ccccc21)C(=O)N1CCC(CC(=O)O)CC1. The van der Waals surface area contributed by atoms with Crippen LogP contribution in [0.3, 0.4) is 0 Å². The van der Waals surface area contributed by atoms with Gasteiger partial charge in [-0.25, -0.2) is 4.79 Å². The van der Waals surface area contributed by atoms with Crippen molar-refractivity contribution in [3.63, 3.8) is 0 Å². The predicted molar refractivity (Wildman–Crippen MR) is 133 cm³/mol. The number of hydrogen-bond acceptors (Lipinski definition) is 4. The zero-order chi connectivity index (χ0) is 25.0. The molecule has 4 rings (SSSR count). The highest BCUT2D eigenvalue weighted by Crippen LogP contribution is 2.44. The number of fused-ring (bicyclic) bond motifs is 3. The number of aliphatic carboxylic acids is 1. The molecule has 2 N–H and O–H groups in total. The first-order valence-corrected chi connectivity index (χ1v) is 12.5. The number of likely N-dealkylation sites (tertiary alicyclic amines) is 1. The molecule has 35 heavy (non-hydrogen) atoms. The smallest absolute Gasteiger partial charge is 0.408 e. The van der Waals surface area contributed by atoms with Gasteiger partial charge in [-0.2, -0.15) is 0 Å². The Kier molecular flexibility index (Phi) is 7.43. The van der Waals surface area contributed by atoms with Gasteiger partial charge in [-0.1, -0.05) is 62.4 Å². The third kappa shape index (κ3) is 5.04. The van der Waals surface area contributed by atoms with Crippen molar-refractivity contribution < 1.29 is 24.2 Å². The second-order valence-corrected chi connectivity index (χ2v) is 9.57. The summed E-state index contributed by atoms with van der Waals surface area (Å²) in [5.41, 5.74) is 3.56. The average molecular weight is 479 g/mol. The van der Waals surface area contributed by atoms with E-state index in [4.69, 9.17) is 9.84 Å². The second kappa shape index (κ2) is 10.5. The van der Waals surface area contributed by atoms with E-state index in [1.807, 2.05) is 38.1 Å². The van der Waals surface area contributed by atoms with Gasteiger partial charge in [0.2, 0.25) is 5.91 Å². The van der Waals surface area contributed by atoms with Crippen molar-refractivity contribution in [1.29, 1.82) is 0 Å². The Morgan fingerprint density at radius 2 is 1.51 bits per heavy atom. The number of hydrogen-bond donors (Lipinski definition) is 2.